The van der Waals surface area contributed by atoms with E-state index in [1.54, 1.807) is 5.32 Å². The van der Waals surface area contributed by atoms with E-state index in [9.17, 15) is 14.4 Å². The van der Waals surface area contributed by atoms with E-state index in [0.717, 1.165) is 13.3 Å². The Balaban J connectivity index is 4.24. The summed E-state index contributed by atoms with van der Waals surface area (Å²) in [7, 11) is 1.14. The first-order valence-electron chi connectivity index (χ1n) is 3.60. The molecular weight excluding hydrogens is 204 g/mol. The lowest BCUT2D eigenvalue weighted by molar-refractivity contribution is -0.122. The van der Waals surface area contributed by atoms with E-state index in [4.69, 9.17) is 5.26 Å². The van der Waals surface area contributed by atoms with Crippen LogP contribution in [0, 0.1) is 11.3 Å². The maximum Gasteiger partial charge on any atom is 0.425 e. The Bertz CT molecular complexity index is 330. The number of ether oxygens (including phenoxy) is 1. The first kappa shape index (κ1) is 12.4. The van der Waals surface area contributed by atoms with Crippen LogP contribution >= 0.6 is 0 Å². The molecule has 0 aliphatic carbocycles. The van der Waals surface area contributed by atoms with Crippen molar-refractivity contribution in [2.45, 2.75) is 0 Å². The first-order chi connectivity index (χ1) is 7.15. The Hall–Kier alpha value is -2.56. The van der Waals surface area contributed by atoms with E-state index in [-0.39, 0.29) is 12.0 Å². The minimum Gasteiger partial charge on any atom is -0.452 e. The summed E-state index contributed by atoms with van der Waals surface area (Å²) in [5.74, 6) is -0.883. The average Bonchev–Trinajstić information content (AvgIpc) is 2.24. The highest BCUT2D eigenvalue weighted by Gasteiger charge is 2.06. The molecule has 0 fully saturated rings. The molecule has 0 aliphatic heterocycles. The summed E-state index contributed by atoms with van der Waals surface area (Å²) in [5, 5.41) is 10.2. The smallest absolute Gasteiger partial charge is 0.425 e. The molecule has 80 valence electrons. The molecule has 3 amide bonds. The molecule has 0 saturated carbocycles. The predicted molar refractivity (Wildman–Crippen MR) is 46.6 cm³/mol. The Labute approximate surface area is 84.8 Å². The lowest BCUT2D eigenvalue weighted by Crippen LogP contribution is -2.34. The monoisotopic (exact) mass is 212 g/mol. The number of nitriles is 1. The normalized spacial score (nSPS) is 9.47. The first-order valence-corrected chi connectivity index (χ1v) is 3.60. The molecular formula is C7H8N4O4. The van der Waals surface area contributed by atoms with Crippen molar-refractivity contribution < 1.29 is 19.1 Å². The Morgan fingerprint density at radius 3 is 2.60 bits per heavy atom. The second-order valence-corrected chi connectivity index (χ2v) is 2.02. The number of amides is 3. The Kier molecular flexibility index (Phi) is 5.72. The zero-order chi connectivity index (χ0) is 11.7. The average molecular weight is 212 g/mol. The van der Waals surface area contributed by atoms with Crippen molar-refractivity contribution in [3.8, 4) is 6.07 Å². The molecule has 0 unspecified atom stereocenters. The molecule has 0 heterocycles. The fraction of sp³-hybridized carbons (Fsp3) is 0.143. The van der Waals surface area contributed by atoms with E-state index in [2.05, 4.69) is 10.2 Å². The number of hydrogen-bond donors (Lipinski definition) is 3. The molecule has 15 heavy (non-hydrogen) atoms. The summed E-state index contributed by atoms with van der Waals surface area (Å²) in [6.45, 7) is 0. The second kappa shape index (κ2) is 6.90. The molecule has 0 radical (unpaired) electrons. The van der Waals surface area contributed by atoms with Gasteiger partial charge in [0.1, 0.15) is 11.6 Å². The van der Waals surface area contributed by atoms with Gasteiger partial charge in [0.05, 0.1) is 7.11 Å². The van der Waals surface area contributed by atoms with Gasteiger partial charge in [0.2, 0.25) is 6.41 Å². The van der Waals surface area contributed by atoms with E-state index in [1.165, 1.54) is 6.07 Å². The third-order valence-electron chi connectivity index (χ3n) is 1.13. The molecule has 0 aliphatic rings. The molecule has 8 heteroatoms. The maximum absolute atomic E-state index is 10.9. The van der Waals surface area contributed by atoms with Gasteiger partial charge in [-0.1, -0.05) is 0 Å². The van der Waals surface area contributed by atoms with Crippen LogP contribution in [0.15, 0.2) is 11.8 Å². The summed E-state index contributed by atoms with van der Waals surface area (Å²) >= 11 is 0. The van der Waals surface area contributed by atoms with Crippen LogP contribution in [0.4, 0.5) is 4.79 Å². The number of methoxy groups -OCH3 is 1. The number of rotatable bonds is 4. The minimum atomic E-state index is -0.883. The molecule has 0 spiro atoms. The zero-order valence-electron chi connectivity index (χ0n) is 7.73. The van der Waals surface area contributed by atoms with E-state index in [1.807, 2.05) is 5.43 Å². The van der Waals surface area contributed by atoms with Crippen LogP contribution < -0.4 is 16.2 Å². The number of nitrogens with zero attached hydrogens (tertiary/aromatic N) is 1. The summed E-state index contributed by atoms with van der Waals surface area (Å²) in [5.41, 5.74) is 3.75. The van der Waals surface area contributed by atoms with Crippen LogP contribution in [-0.4, -0.2) is 25.5 Å². The summed E-state index contributed by atoms with van der Waals surface area (Å²) in [6.07, 6.45) is 0.260. The molecule has 0 atom stereocenters. The highest BCUT2D eigenvalue weighted by molar-refractivity contribution is 6.02. The molecule has 3 N–H and O–H groups in total. The number of carbonyl (C=O) groups is 3. The van der Waals surface area contributed by atoms with Crippen molar-refractivity contribution in [2.24, 2.45) is 0 Å². The molecule has 0 rings (SSSR count). The van der Waals surface area contributed by atoms with Gasteiger partial charge >= 0.3 is 6.09 Å². The Morgan fingerprint density at radius 2 is 2.13 bits per heavy atom. The molecule has 0 aromatic rings. The van der Waals surface area contributed by atoms with Crippen LogP contribution in [0.5, 0.6) is 0 Å². The SMILES string of the molecule is COC(=O)NNC=C(C#N)C(=O)NC=O. The zero-order valence-corrected chi connectivity index (χ0v) is 7.73. The van der Waals surface area contributed by atoms with Crippen molar-refractivity contribution in [2.75, 3.05) is 7.11 Å². The molecule has 0 aromatic carbocycles. The summed E-state index contributed by atoms with van der Waals surface area (Å²) < 4.78 is 4.19. The highest BCUT2D eigenvalue weighted by atomic mass is 16.5. The van der Waals surface area contributed by atoms with Crippen LogP contribution in [-0.2, 0) is 14.3 Å². The van der Waals surface area contributed by atoms with Gasteiger partial charge in [-0.3, -0.25) is 14.9 Å². The quantitative estimate of drug-likeness (QED) is 0.226. The van der Waals surface area contributed by atoms with Gasteiger partial charge in [-0.15, -0.1) is 0 Å². The van der Waals surface area contributed by atoms with Gasteiger partial charge in [0.25, 0.3) is 5.91 Å². The van der Waals surface area contributed by atoms with Crippen LogP contribution in [0.1, 0.15) is 0 Å². The second-order valence-electron chi connectivity index (χ2n) is 2.02. The highest BCUT2D eigenvalue weighted by Crippen LogP contribution is 1.87. The molecule has 0 aromatic heterocycles. The number of hydrogen-bond acceptors (Lipinski definition) is 6. The van der Waals surface area contributed by atoms with Crippen molar-refractivity contribution >= 4 is 18.4 Å². The van der Waals surface area contributed by atoms with Crippen LogP contribution in [0.25, 0.3) is 0 Å². The third-order valence-corrected chi connectivity index (χ3v) is 1.13. The van der Waals surface area contributed by atoms with E-state index in [0.29, 0.717) is 0 Å². The standard InChI is InChI=1S/C7H8N4O4/c1-15-7(14)11-10-3-5(2-8)6(13)9-4-12/h3-4,10H,1H3,(H,11,14)(H,9,12,13). The van der Waals surface area contributed by atoms with Crippen LogP contribution in [0.2, 0.25) is 0 Å². The van der Waals surface area contributed by atoms with Crippen LogP contribution in [0.3, 0.4) is 0 Å². The lowest BCUT2D eigenvalue weighted by atomic mass is 10.3. The van der Waals surface area contributed by atoms with Crippen molar-refractivity contribution in [3.05, 3.63) is 11.8 Å². The number of carbonyl (C=O) groups excluding carboxylic acids is 3. The van der Waals surface area contributed by atoms with Gasteiger partial charge in [0, 0.05) is 6.20 Å². The third kappa shape index (κ3) is 4.89. The van der Waals surface area contributed by atoms with Crippen molar-refractivity contribution in [1.82, 2.24) is 16.2 Å². The number of nitrogens with one attached hydrogen (secondary N) is 3. The van der Waals surface area contributed by atoms with Gasteiger partial charge < -0.3 is 10.2 Å². The van der Waals surface area contributed by atoms with E-state index < -0.39 is 12.0 Å². The fourth-order valence-electron chi connectivity index (χ4n) is 0.498. The summed E-state index contributed by atoms with van der Waals surface area (Å²) in [4.78, 5) is 31.3. The number of hydrazine groups is 1. The van der Waals surface area contributed by atoms with Gasteiger partial charge in [-0.25, -0.2) is 10.2 Å². The van der Waals surface area contributed by atoms with Gasteiger partial charge in [-0.2, -0.15) is 5.26 Å². The largest absolute Gasteiger partial charge is 0.452 e. The van der Waals surface area contributed by atoms with E-state index >= 15 is 0 Å². The van der Waals surface area contributed by atoms with Gasteiger partial charge in [-0.05, 0) is 0 Å². The van der Waals surface area contributed by atoms with Crippen molar-refractivity contribution in [3.63, 3.8) is 0 Å². The molecule has 0 saturated heterocycles. The van der Waals surface area contributed by atoms with Gasteiger partial charge in [0.15, 0.2) is 0 Å². The minimum absolute atomic E-state index is 0.140. The Morgan fingerprint density at radius 1 is 1.47 bits per heavy atom. The maximum atomic E-state index is 10.9. The predicted octanol–water partition coefficient (Wildman–Crippen LogP) is -1.47. The molecule has 0 bridgehead atoms. The summed E-state index contributed by atoms with van der Waals surface area (Å²) in [6, 6.07) is 1.51. The number of imide groups is 1. The lowest BCUT2D eigenvalue weighted by Gasteiger charge is -2.02. The molecule has 8 nitrogen and oxygen atoms in total. The topological polar surface area (TPSA) is 120 Å². The van der Waals surface area contributed by atoms with Crippen molar-refractivity contribution in [1.29, 1.82) is 5.26 Å². The fourth-order valence-corrected chi connectivity index (χ4v) is 0.498.